The summed E-state index contributed by atoms with van der Waals surface area (Å²) in [5.41, 5.74) is 0.834. The summed E-state index contributed by atoms with van der Waals surface area (Å²) in [6.07, 6.45) is 2.08. The van der Waals surface area contributed by atoms with Crippen molar-refractivity contribution < 1.29 is 17.9 Å². The summed E-state index contributed by atoms with van der Waals surface area (Å²) in [5, 5.41) is 0. The van der Waals surface area contributed by atoms with Gasteiger partial charge in [-0.05, 0) is 51.1 Å². The first kappa shape index (κ1) is 15.8. The van der Waals surface area contributed by atoms with Crippen LogP contribution >= 0.6 is 0 Å². The van der Waals surface area contributed by atoms with Crippen LogP contribution in [-0.2, 0) is 19.6 Å². The molecule has 2 rings (SSSR count). The Morgan fingerprint density at radius 2 is 1.95 bits per heavy atom. The molecule has 1 saturated carbocycles. The van der Waals surface area contributed by atoms with Gasteiger partial charge in [-0.3, -0.25) is 4.79 Å². The molecule has 116 valence electrons. The highest BCUT2D eigenvalue weighted by Gasteiger charge is 2.31. The Bertz CT molecular complexity index is 594. The molecular weight excluding hydrogens is 292 g/mol. The number of sulfonamides is 1. The van der Waals surface area contributed by atoms with E-state index >= 15 is 0 Å². The Morgan fingerprint density at radius 3 is 2.43 bits per heavy atom. The molecule has 0 spiro atoms. The third kappa shape index (κ3) is 3.95. The molecule has 1 aromatic carbocycles. The number of hydrogen-bond acceptors (Lipinski definition) is 5. The number of carbonyl (C=O) groups is 1. The number of carbonyl (C=O) groups excluding carboxylic acids is 1. The average molecular weight is 312 g/mol. The largest absolute Gasteiger partial charge is 0.465 e. The Kier molecular flexibility index (Phi) is 4.84. The van der Waals surface area contributed by atoms with E-state index in [0.29, 0.717) is 12.6 Å². The normalized spacial score (nSPS) is 14.8. The van der Waals surface area contributed by atoms with E-state index in [-0.39, 0.29) is 17.4 Å². The summed E-state index contributed by atoms with van der Waals surface area (Å²) in [5.74, 6) is -0.267. The van der Waals surface area contributed by atoms with E-state index in [9.17, 15) is 13.2 Å². The molecule has 0 radical (unpaired) electrons. The summed E-state index contributed by atoms with van der Waals surface area (Å²) in [7, 11) is -2.06. The molecule has 0 unspecified atom stereocenters. The zero-order valence-corrected chi connectivity index (χ0v) is 13.0. The maximum absolute atomic E-state index is 11.7. The lowest BCUT2D eigenvalue weighted by molar-refractivity contribution is -0.141. The van der Waals surface area contributed by atoms with E-state index < -0.39 is 10.0 Å². The monoisotopic (exact) mass is 312 g/mol. The van der Waals surface area contributed by atoms with Crippen LogP contribution < -0.4 is 9.62 Å². The first-order valence-corrected chi connectivity index (χ1v) is 8.42. The molecule has 1 N–H and O–H groups in total. The van der Waals surface area contributed by atoms with Gasteiger partial charge >= 0.3 is 5.97 Å². The van der Waals surface area contributed by atoms with Crippen LogP contribution in [0, 0.1) is 0 Å². The van der Waals surface area contributed by atoms with Crippen molar-refractivity contribution in [2.75, 3.05) is 25.1 Å². The summed E-state index contributed by atoms with van der Waals surface area (Å²) in [4.78, 5) is 13.8. The van der Waals surface area contributed by atoms with E-state index in [1.807, 2.05) is 4.90 Å². The minimum atomic E-state index is -3.44. The van der Waals surface area contributed by atoms with Gasteiger partial charge in [-0.15, -0.1) is 0 Å². The van der Waals surface area contributed by atoms with E-state index in [4.69, 9.17) is 4.74 Å². The molecule has 0 bridgehead atoms. The number of esters is 1. The van der Waals surface area contributed by atoms with Crippen molar-refractivity contribution >= 4 is 21.7 Å². The van der Waals surface area contributed by atoms with Crippen molar-refractivity contribution in [2.24, 2.45) is 0 Å². The van der Waals surface area contributed by atoms with Crippen LogP contribution in [0.15, 0.2) is 29.2 Å². The first-order valence-electron chi connectivity index (χ1n) is 6.94. The van der Waals surface area contributed by atoms with Crippen LogP contribution in [-0.4, -0.2) is 40.6 Å². The van der Waals surface area contributed by atoms with Crippen molar-refractivity contribution in [3.05, 3.63) is 24.3 Å². The van der Waals surface area contributed by atoms with E-state index in [1.165, 1.54) is 7.05 Å². The van der Waals surface area contributed by atoms with Crippen molar-refractivity contribution in [1.82, 2.24) is 4.72 Å². The summed E-state index contributed by atoms with van der Waals surface area (Å²) < 4.78 is 30.6. The topological polar surface area (TPSA) is 75.7 Å². The van der Waals surface area contributed by atoms with E-state index in [2.05, 4.69) is 4.72 Å². The summed E-state index contributed by atoms with van der Waals surface area (Å²) in [6, 6.07) is 6.87. The number of anilines is 1. The average Bonchev–Trinajstić information content (AvgIpc) is 3.30. The Hall–Kier alpha value is -1.60. The van der Waals surface area contributed by atoms with Gasteiger partial charge in [0.15, 0.2) is 0 Å². The fraction of sp³-hybridized carbons (Fsp3) is 0.500. The maximum Gasteiger partial charge on any atom is 0.325 e. The van der Waals surface area contributed by atoms with Crippen molar-refractivity contribution in [3.63, 3.8) is 0 Å². The minimum absolute atomic E-state index is 0.191. The van der Waals surface area contributed by atoms with Crippen LogP contribution in [0.1, 0.15) is 19.8 Å². The lowest BCUT2D eigenvalue weighted by atomic mass is 10.2. The smallest absolute Gasteiger partial charge is 0.325 e. The van der Waals surface area contributed by atoms with Crippen LogP contribution in [0.2, 0.25) is 0 Å². The third-order valence-electron chi connectivity index (χ3n) is 3.34. The highest BCUT2D eigenvalue weighted by Crippen LogP contribution is 2.31. The fourth-order valence-corrected chi connectivity index (χ4v) is 2.83. The van der Waals surface area contributed by atoms with Crippen molar-refractivity contribution in [1.29, 1.82) is 0 Å². The number of ether oxygens (including phenoxy) is 1. The standard InChI is InChI=1S/C14H20N2O4S/c1-3-20-14(17)10-16(11-4-5-11)12-6-8-13(9-7-12)21(18,19)15-2/h6-9,11,15H,3-5,10H2,1-2H3. The van der Waals surface area contributed by atoms with Gasteiger partial charge in [-0.1, -0.05) is 0 Å². The molecule has 1 aromatic rings. The molecule has 0 amide bonds. The van der Waals surface area contributed by atoms with E-state index in [1.54, 1.807) is 31.2 Å². The molecule has 1 fully saturated rings. The molecule has 0 saturated heterocycles. The molecule has 21 heavy (non-hydrogen) atoms. The summed E-state index contributed by atoms with van der Waals surface area (Å²) >= 11 is 0. The van der Waals surface area contributed by atoms with Gasteiger partial charge in [0.05, 0.1) is 11.5 Å². The van der Waals surface area contributed by atoms with Gasteiger partial charge in [0.1, 0.15) is 6.54 Å². The molecule has 0 aromatic heterocycles. The predicted octanol–water partition coefficient (Wildman–Crippen LogP) is 1.13. The zero-order valence-electron chi connectivity index (χ0n) is 12.2. The molecule has 0 heterocycles. The van der Waals surface area contributed by atoms with Gasteiger partial charge in [0.25, 0.3) is 0 Å². The second-order valence-corrected chi connectivity index (χ2v) is 6.75. The highest BCUT2D eigenvalue weighted by molar-refractivity contribution is 7.89. The number of benzene rings is 1. The third-order valence-corrected chi connectivity index (χ3v) is 4.77. The number of nitrogens with one attached hydrogen (secondary N) is 1. The molecule has 1 aliphatic carbocycles. The first-order chi connectivity index (χ1) is 9.97. The lowest BCUT2D eigenvalue weighted by Crippen LogP contribution is -2.33. The van der Waals surface area contributed by atoms with Crippen LogP contribution in [0.5, 0.6) is 0 Å². The molecule has 0 aliphatic heterocycles. The summed E-state index contributed by atoms with van der Waals surface area (Å²) in [6.45, 7) is 2.32. The van der Waals surface area contributed by atoms with Gasteiger partial charge in [0, 0.05) is 11.7 Å². The number of hydrogen-bond donors (Lipinski definition) is 1. The van der Waals surface area contributed by atoms with Gasteiger partial charge < -0.3 is 9.64 Å². The molecular formula is C14H20N2O4S. The lowest BCUT2D eigenvalue weighted by Gasteiger charge is -2.23. The highest BCUT2D eigenvalue weighted by atomic mass is 32.2. The van der Waals surface area contributed by atoms with Gasteiger partial charge in [0.2, 0.25) is 10.0 Å². The Morgan fingerprint density at radius 1 is 1.33 bits per heavy atom. The van der Waals surface area contributed by atoms with Crippen LogP contribution in [0.4, 0.5) is 5.69 Å². The molecule has 7 heteroatoms. The fourth-order valence-electron chi connectivity index (χ4n) is 2.10. The van der Waals surface area contributed by atoms with Crippen molar-refractivity contribution in [3.8, 4) is 0 Å². The SMILES string of the molecule is CCOC(=O)CN(c1ccc(S(=O)(=O)NC)cc1)C1CC1. The van der Waals surface area contributed by atoms with Gasteiger partial charge in [-0.25, -0.2) is 13.1 Å². The molecule has 1 aliphatic rings. The second kappa shape index (κ2) is 6.44. The number of rotatable bonds is 7. The van der Waals surface area contributed by atoms with Crippen LogP contribution in [0.3, 0.4) is 0 Å². The van der Waals surface area contributed by atoms with Gasteiger partial charge in [-0.2, -0.15) is 0 Å². The Labute approximate surface area is 125 Å². The minimum Gasteiger partial charge on any atom is -0.465 e. The van der Waals surface area contributed by atoms with Crippen LogP contribution in [0.25, 0.3) is 0 Å². The Balaban J connectivity index is 2.16. The number of nitrogens with zero attached hydrogens (tertiary/aromatic N) is 1. The molecule has 0 atom stereocenters. The quantitative estimate of drug-likeness (QED) is 0.764. The second-order valence-electron chi connectivity index (χ2n) is 4.87. The molecule has 6 nitrogen and oxygen atoms in total. The zero-order chi connectivity index (χ0) is 15.5. The van der Waals surface area contributed by atoms with E-state index in [0.717, 1.165) is 18.5 Å². The maximum atomic E-state index is 11.7. The predicted molar refractivity (Wildman–Crippen MR) is 79.7 cm³/mol. The van der Waals surface area contributed by atoms with Crippen molar-refractivity contribution in [2.45, 2.75) is 30.7 Å².